The van der Waals surface area contributed by atoms with E-state index in [-0.39, 0.29) is 24.4 Å². The standard InChI is InChI=1S/C18H19F3N2O.ClH/c19-15-8-12(6-7-17(15)24-18(20)21)9-23-10-14(16(22)11-23)13-4-2-1-3-5-13;/h1-8,14,16,18H,9-11,22H2;1H/t14-,16+;/m0./s1. The fourth-order valence-corrected chi connectivity index (χ4v) is 3.19. The third-order valence-electron chi connectivity index (χ3n) is 4.29. The molecule has 2 N–H and O–H groups in total. The summed E-state index contributed by atoms with van der Waals surface area (Å²) in [7, 11) is 0. The summed E-state index contributed by atoms with van der Waals surface area (Å²) in [4.78, 5) is 2.14. The quantitative estimate of drug-likeness (QED) is 0.868. The van der Waals surface area contributed by atoms with Gasteiger partial charge in [0.1, 0.15) is 0 Å². The monoisotopic (exact) mass is 372 g/mol. The molecule has 0 aliphatic carbocycles. The average molecular weight is 373 g/mol. The van der Waals surface area contributed by atoms with Gasteiger partial charge in [0.25, 0.3) is 0 Å². The van der Waals surface area contributed by atoms with Crippen LogP contribution in [0.5, 0.6) is 5.75 Å². The topological polar surface area (TPSA) is 38.5 Å². The van der Waals surface area contributed by atoms with E-state index in [0.29, 0.717) is 18.7 Å². The molecule has 1 fully saturated rings. The van der Waals surface area contributed by atoms with Crippen LogP contribution in [0.1, 0.15) is 17.0 Å². The molecule has 2 aromatic carbocycles. The molecule has 0 amide bonds. The molecular weight excluding hydrogens is 353 g/mol. The van der Waals surface area contributed by atoms with Gasteiger partial charge in [0.15, 0.2) is 11.6 Å². The second-order valence-corrected chi connectivity index (χ2v) is 6.02. The highest BCUT2D eigenvalue weighted by atomic mass is 35.5. The molecule has 0 unspecified atom stereocenters. The fraction of sp³-hybridized carbons (Fsp3) is 0.333. The normalized spacial score (nSPS) is 20.5. The molecule has 3 nitrogen and oxygen atoms in total. The number of hydrogen-bond donors (Lipinski definition) is 1. The van der Waals surface area contributed by atoms with Gasteiger partial charge in [-0.25, -0.2) is 4.39 Å². The predicted octanol–water partition coefficient (Wildman–Crippen LogP) is 3.78. The molecule has 1 saturated heterocycles. The van der Waals surface area contributed by atoms with Crippen LogP contribution in [0.4, 0.5) is 13.2 Å². The van der Waals surface area contributed by atoms with Crippen molar-refractivity contribution < 1.29 is 17.9 Å². The van der Waals surface area contributed by atoms with Crippen LogP contribution in [0.15, 0.2) is 48.5 Å². The average Bonchev–Trinajstić information content (AvgIpc) is 2.91. The maximum absolute atomic E-state index is 13.8. The molecule has 0 aromatic heterocycles. The zero-order chi connectivity index (χ0) is 17.1. The lowest BCUT2D eigenvalue weighted by atomic mass is 9.95. The highest BCUT2D eigenvalue weighted by Gasteiger charge is 2.31. The lowest BCUT2D eigenvalue weighted by Crippen LogP contribution is -2.28. The first-order valence-electron chi connectivity index (χ1n) is 7.79. The summed E-state index contributed by atoms with van der Waals surface area (Å²) < 4.78 is 42.3. The van der Waals surface area contributed by atoms with Crippen LogP contribution < -0.4 is 10.5 Å². The van der Waals surface area contributed by atoms with Gasteiger partial charge >= 0.3 is 6.61 Å². The molecule has 1 aliphatic rings. The Morgan fingerprint density at radius 1 is 1.12 bits per heavy atom. The first-order valence-corrected chi connectivity index (χ1v) is 7.79. The van der Waals surface area contributed by atoms with E-state index >= 15 is 0 Å². The van der Waals surface area contributed by atoms with E-state index in [4.69, 9.17) is 5.73 Å². The second kappa shape index (κ2) is 8.56. The van der Waals surface area contributed by atoms with E-state index < -0.39 is 18.2 Å². The molecule has 1 heterocycles. The Labute approximate surface area is 151 Å². The molecule has 25 heavy (non-hydrogen) atoms. The Hall–Kier alpha value is -1.76. The number of nitrogens with zero attached hydrogens (tertiary/aromatic N) is 1. The van der Waals surface area contributed by atoms with E-state index in [2.05, 4.69) is 21.8 Å². The maximum atomic E-state index is 13.8. The number of alkyl halides is 2. The molecule has 1 aliphatic heterocycles. The van der Waals surface area contributed by atoms with Gasteiger partial charge in [0, 0.05) is 31.6 Å². The Bertz CT molecular complexity index is 687. The second-order valence-electron chi connectivity index (χ2n) is 6.02. The van der Waals surface area contributed by atoms with Crippen molar-refractivity contribution in [1.82, 2.24) is 4.90 Å². The Kier molecular flexibility index (Phi) is 6.70. The van der Waals surface area contributed by atoms with Crippen LogP contribution in [-0.2, 0) is 6.54 Å². The van der Waals surface area contributed by atoms with Gasteiger partial charge in [0.2, 0.25) is 0 Å². The minimum absolute atomic E-state index is 0. The largest absolute Gasteiger partial charge is 0.432 e. The Morgan fingerprint density at radius 2 is 1.84 bits per heavy atom. The van der Waals surface area contributed by atoms with Gasteiger partial charge in [0.05, 0.1) is 0 Å². The highest BCUT2D eigenvalue weighted by Crippen LogP contribution is 2.28. The van der Waals surface area contributed by atoms with Crippen LogP contribution >= 0.6 is 12.4 Å². The number of nitrogens with two attached hydrogens (primary N) is 1. The highest BCUT2D eigenvalue weighted by molar-refractivity contribution is 5.85. The molecule has 7 heteroatoms. The molecule has 0 bridgehead atoms. The summed E-state index contributed by atoms with van der Waals surface area (Å²) in [6.45, 7) is -1.03. The van der Waals surface area contributed by atoms with Crippen LogP contribution in [0.2, 0.25) is 0 Å². The van der Waals surface area contributed by atoms with Crippen molar-refractivity contribution in [1.29, 1.82) is 0 Å². The van der Waals surface area contributed by atoms with E-state index in [0.717, 1.165) is 6.54 Å². The lowest BCUT2D eigenvalue weighted by molar-refractivity contribution is -0.0522. The van der Waals surface area contributed by atoms with Gasteiger partial charge < -0.3 is 10.5 Å². The van der Waals surface area contributed by atoms with Crippen LogP contribution in [0.25, 0.3) is 0 Å². The van der Waals surface area contributed by atoms with Crippen LogP contribution in [0.3, 0.4) is 0 Å². The minimum Gasteiger partial charge on any atom is -0.432 e. The summed E-state index contributed by atoms with van der Waals surface area (Å²) in [6.07, 6.45) is 0. The van der Waals surface area contributed by atoms with E-state index in [1.54, 1.807) is 6.07 Å². The van der Waals surface area contributed by atoms with Gasteiger partial charge in [-0.3, -0.25) is 4.90 Å². The van der Waals surface area contributed by atoms with Crippen molar-refractivity contribution in [2.45, 2.75) is 25.1 Å². The molecule has 0 radical (unpaired) electrons. The van der Waals surface area contributed by atoms with Crippen molar-refractivity contribution in [2.75, 3.05) is 13.1 Å². The predicted molar refractivity (Wildman–Crippen MR) is 92.7 cm³/mol. The number of benzene rings is 2. The van der Waals surface area contributed by atoms with Gasteiger partial charge in [-0.2, -0.15) is 8.78 Å². The van der Waals surface area contributed by atoms with Crippen LogP contribution in [-0.4, -0.2) is 30.6 Å². The molecule has 2 aromatic rings. The third-order valence-corrected chi connectivity index (χ3v) is 4.29. The van der Waals surface area contributed by atoms with Crippen molar-refractivity contribution in [3.05, 3.63) is 65.5 Å². The lowest BCUT2D eigenvalue weighted by Gasteiger charge is -2.16. The fourth-order valence-electron chi connectivity index (χ4n) is 3.19. The first kappa shape index (κ1) is 19.6. The molecule has 0 saturated carbocycles. The number of halogens is 4. The van der Waals surface area contributed by atoms with E-state index in [9.17, 15) is 13.2 Å². The third kappa shape index (κ3) is 4.87. The van der Waals surface area contributed by atoms with Crippen molar-refractivity contribution in [3.63, 3.8) is 0 Å². The summed E-state index contributed by atoms with van der Waals surface area (Å²) in [5, 5.41) is 0. The van der Waals surface area contributed by atoms with E-state index in [1.807, 2.05) is 18.2 Å². The van der Waals surface area contributed by atoms with E-state index in [1.165, 1.54) is 17.7 Å². The van der Waals surface area contributed by atoms with Crippen molar-refractivity contribution in [2.24, 2.45) is 5.73 Å². The summed E-state index contributed by atoms with van der Waals surface area (Å²) >= 11 is 0. The SMILES string of the molecule is Cl.N[C@@H]1CN(Cc2ccc(OC(F)F)c(F)c2)C[C@H]1c1ccccc1. The Balaban J connectivity index is 0.00000225. The molecule has 3 rings (SSSR count). The number of ether oxygens (including phenoxy) is 1. The molecule has 136 valence electrons. The van der Waals surface area contributed by atoms with Crippen molar-refractivity contribution >= 4 is 12.4 Å². The minimum atomic E-state index is -3.03. The smallest absolute Gasteiger partial charge is 0.387 e. The zero-order valence-electron chi connectivity index (χ0n) is 13.4. The number of rotatable bonds is 5. The Morgan fingerprint density at radius 3 is 2.48 bits per heavy atom. The zero-order valence-corrected chi connectivity index (χ0v) is 14.3. The molecule has 2 atom stereocenters. The number of hydrogen-bond acceptors (Lipinski definition) is 3. The summed E-state index contributed by atoms with van der Waals surface area (Å²) in [6, 6.07) is 14.1. The molecular formula is C18H20ClF3N2O. The maximum Gasteiger partial charge on any atom is 0.387 e. The first-order chi connectivity index (χ1) is 11.5. The summed E-state index contributed by atoms with van der Waals surface area (Å²) in [5.74, 6) is -0.984. The molecule has 0 spiro atoms. The van der Waals surface area contributed by atoms with Crippen LogP contribution in [0, 0.1) is 5.82 Å². The summed E-state index contributed by atoms with van der Waals surface area (Å²) in [5.41, 5.74) is 8.14. The van der Waals surface area contributed by atoms with Gasteiger partial charge in [-0.15, -0.1) is 12.4 Å². The number of likely N-dealkylation sites (tertiary alicyclic amines) is 1. The van der Waals surface area contributed by atoms with Gasteiger partial charge in [-0.1, -0.05) is 36.4 Å². The van der Waals surface area contributed by atoms with Crippen molar-refractivity contribution in [3.8, 4) is 5.75 Å². The van der Waals surface area contributed by atoms with Gasteiger partial charge in [-0.05, 0) is 23.3 Å².